The van der Waals surface area contributed by atoms with Crippen molar-refractivity contribution < 1.29 is 29.0 Å². The molecule has 9 nitrogen and oxygen atoms in total. The number of phenols is 1. The van der Waals surface area contributed by atoms with E-state index < -0.39 is 24.4 Å². The third-order valence-electron chi connectivity index (χ3n) is 4.23. The van der Waals surface area contributed by atoms with Gasteiger partial charge in [0.1, 0.15) is 18.0 Å². The number of carbonyl (C=O) groups is 3. The van der Waals surface area contributed by atoms with Crippen molar-refractivity contribution in [1.82, 2.24) is 10.2 Å². The number of para-hydroxylation sites is 2. The van der Waals surface area contributed by atoms with Crippen LogP contribution in [0.1, 0.15) is 5.56 Å². The highest BCUT2D eigenvalue weighted by molar-refractivity contribution is 6.31. The largest absolute Gasteiger partial charge is 0.504 e. The number of hydrogen-bond donors (Lipinski definition) is 3. The lowest BCUT2D eigenvalue weighted by atomic mass is 10.1. The number of urea groups is 1. The highest BCUT2D eigenvalue weighted by Gasteiger charge is 2.35. The minimum atomic E-state index is -0.769. The number of aromatic hydroxyl groups is 1. The molecular formula is C20H18ClN3O6. The average molecular weight is 432 g/mol. The van der Waals surface area contributed by atoms with E-state index in [0.29, 0.717) is 11.4 Å². The van der Waals surface area contributed by atoms with Gasteiger partial charge in [0.15, 0.2) is 11.5 Å². The number of rotatable bonds is 6. The van der Waals surface area contributed by atoms with Crippen LogP contribution < -0.4 is 20.1 Å². The number of nitrogens with one attached hydrogen (secondary N) is 2. The molecule has 0 unspecified atom stereocenters. The first-order valence-electron chi connectivity index (χ1n) is 8.68. The third kappa shape index (κ3) is 4.31. The minimum Gasteiger partial charge on any atom is -0.504 e. The first-order chi connectivity index (χ1) is 14.3. The molecule has 156 valence electrons. The molecule has 0 spiro atoms. The summed E-state index contributed by atoms with van der Waals surface area (Å²) < 4.78 is 10.2. The Labute approximate surface area is 176 Å². The maximum atomic E-state index is 12.6. The third-order valence-corrected chi connectivity index (χ3v) is 4.45. The number of benzene rings is 2. The van der Waals surface area contributed by atoms with Crippen LogP contribution >= 0.6 is 11.6 Å². The number of carbonyl (C=O) groups excluding carboxylic acids is 3. The predicted molar refractivity (Wildman–Crippen MR) is 110 cm³/mol. The lowest BCUT2D eigenvalue weighted by Gasteiger charge is -2.13. The van der Waals surface area contributed by atoms with E-state index in [0.717, 1.165) is 4.90 Å². The minimum absolute atomic E-state index is 0.110. The van der Waals surface area contributed by atoms with Crippen LogP contribution in [0.3, 0.4) is 0 Å². The topological polar surface area (TPSA) is 117 Å². The molecule has 3 rings (SSSR count). The number of ether oxygens (including phenoxy) is 2. The Kier molecular flexibility index (Phi) is 6.12. The van der Waals surface area contributed by atoms with E-state index in [-0.39, 0.29) is 27.8 Å². The van der Waals surface area contributed by atoms with Gasteiger partial charge >= 0.3 is 6.03 Å². The van der Waals surface area contributed by atoms with Crippen molar-refractivity contribution in [2.45, 2.75) is 0 Å². The Balaban J connectivity index is 1.77. The first kappa shape index (κ1) is 21.0. The molecule has 30 heavy (non-hydrogen) atoms. The highest BCUT2D eigenvalue weighted by Crippen LogP contribution is 2.35. The molecule has 2 aromatic carbocycles. The number of amides is 4. The monoisotopic (exact) mass is 431 g/mol. The van der Waals surface area contributed by atoms with Gasteiger partial charge in [-0.25, -0.2) is 9.69 Å². The van der Waals surface area contributed by atoms with Crippen molar-refractivity contribution in [2.75, 3.05) is 26.1 Å². The van der Waals surface area contributed by atoms with Gasteiger partial charge in [0.25, 0.3) is 5.91 Å². The van der Waals surface area contributed by atoms with E-state index in [9.17, 15) is 19.5 Å². The zero-order valence-corrected chi connectivity index (χ0v) is 16.8. The molecule has 0 aliphatic carbocycles. The molecule has 2 aromatic rings. The molecule has 1 fully saturated rings. The van der Waals surface area contributed by atoms with Crippen LogP contribution in [-0.4, -0.2) is 48.6 Å². The molecule has 1 aliphatic heterocycles. The first-order valence-corrected chi connectivity index (χ1v) is 9.05. The second kappa shape index (κ2) is 8.75. The van der Waals surface area contributed by atoms with Crippen molar-refractivity contribution in [2.24, 2.45) is 0 Å². The summed E-state index contributed by atoms with van der Waals surface area (Å²) in [6.45, 7) is -0.509. The Morgan fingerprint density at radius 1 is 1.20 bits per heavy atom. The standard InChI is InChI=1S/C20H18ClN3O6/c1-29-15-6-4-3-5-13(15)22-17(25)10-24-19(27)14(23-20(24)28)8-11-7-12(21)9-16(30-2)18(11)26/h3-9,26H,10H2,1-2H3,(H,22,25)(H,23,28)/b14-8+. The average Bonchev–Trinajstić information content (AvgIpc) is 2.98. The van der Waals surface area contributed by atoms with Gasteiger partial charge < -0.3 is 25.2 Å². The van der Waals surface area contributed by atoms with Crippen LogP contribution in [-0.2, 0) is 9.59 Å². The summed E-state index contributed by atoms with van der Waals surface area (Å²) in [4.78, 5) is 37.9. The molecule has 0 saturated carbocycles. The zero-order chi connectivity index (χ0) is 21.8. The van der Waals surface area contributed by atoms with Gasteiger partial charge in [0, 0.05) is 16.7 Å². The normalized spacial score (nSPS) is 14.6. The van der Waals surface area contributed by atoms with E-state index in [2.05, 4.69) is 10.6 Å². The van der Waals surface area contributed by atoms with Gasteiger partial charge in [0.05, 0.1) is 19.9 Å². The number of halogens is 1. The predicted octanol–water partition coefficient (Wildman–Crippen LogP) is 2.59. The highest BCUT2D eigenvalue weighted by atomic mass is 35.5. The second-order valence-corrected chi connectivity index (χ2v) is 6.61. The Bertz CT molecular complexity index is 1050. The molecule has 1 aliphatic rings. The fourth-order valence-electron chi connectivity index (χ4n) is 2.81. The van der Waals surface area contributed by atoms with Gasteiger partial charge in [-0.1, -0.05) is 23.7 Å². The maximum Gasteiger partial charge on any atom is 0.329 e. The Morgan fingerprint density at radius 2 is 1.90 bits per heavy atom. The van der Waals surface area contributed by atoms with E-state index in [1.54, 1.807) is 24.3 Å². The molecule has 4 amide bonds. The van der Waals surface area contributed by atoms with E-state index in [4.69, 9.17) is 21.1 Å². The van der Waals surface area contributed by atoms with Crippen LogP contribution in [0.15, 0.2) is 42.1 Å². The molecule has 0 bridgehead atoms. The van der Waals surface area contributed by atoms with Crippen molar-refractivity contribution >= 4 is 41.2 Å². The van der Waals surface area contributed by atoms with Crippen molar-refractivity contribution in [1.29, 1.82) is 0 Å². The van der Waals surface area contributed by atoms with Gasteiger partial charge in [0.2, 0.25) is 5.91 Å². The fraction of sp³-hybridized carbons (Fsp3) is 0.150. The van der Waals surface area contributed by atoms with E-state index in [1.807, 2.05) is 0 Å². The number of hydrogen-bond acceptors (Lipinski definition) is 6. The summed E-state index contributed by atoms with van der Waals surface area (Å²) in [5.41, 5.74) is 0.455. The summed E-state index contributed by atoms with van der Waals surface area (Å²) in [7, 11) is 2.81. The maximum absolute atomic E-state index is 12.6. The molecule has 1 heterocycles. The lowest BCUT2D eigenvalue weighted by molar-refractivity contribution is -0.127. The number of phenolic OH excluding ortho intramolecular Hbond substituents is 1. The van der Waals surface area contributed by atoms with Gasteiger partial charge in [-0.2, -0.15) is 0 Å². The van der Waals surface area contributed by atoms with E-state index >= 15 is 0 Å². The number of methoxy groups -OCH3 is 2. The molecule has 0 aromatic heterocycles. The van der Waals surface area contributed by atoms with Crippen molar-refractivity contribution in [3.05, 3.63) is 52.7 Å². The number of imide groups is 1. The van der Waals surface area contributed by atoms with E-state index in [1.165, 1.54) is 32.4 Å². The smallest absolute Gasteiger partial charge is 0.329 e. The lowest BCUT2D eigenvalue weighted by Crippen LogP contribution is -2.38. The van der Waals surface area contributed by atoms with Crippen LogP contribution in [0.2, 0.25) is 5.02 Å². The Hall–Kier alpha value is -3.72. The molecule has 10 heteroatoms. The molecule has 0 radical (unpaired) electrons. The van der Waals surface area contributed by atoms with Crippen LogP contribution in [0.4, 0.5) is 10.5 Å². The van der Waals surface area contributed by atoms with Gasteiger partial charge in [-0.05, 0) is 24.3 Å². The molecular weight excluding hydrogens is 414 g/mol. The fourth-order valence-corrected chi connectivity index (χ4v) is 3.03. The second-order valence-electron chi connectivity index (χ2n) is 6.17. The summed E-state index contributed by atoms with van der Waals surface area (Å²) in [6, 6.07) is 8.78. The Morgan fingerprint density at radius 3 is 2.60 bits per heavy atom. The van der Waals surface area contributed by atoms with Gasteiger partial charge in [-0.3, -0.25) is 9.59 Å². The molecule has 0 atom stereocenters. The summed E-state index contributed by atoms with van der Waals surface area (Å²) in [5, 5.41) is 15.4. The zero-order valence-electron chi connectivity index (χ0n) is 16.1. The SMILES string of the molecule is COc1ccccc1NC(=O)CN1C(=O)N/C(=C/c2cc(Cl)cc(OC)c2O)C1=O. The van der Waals surface area contributed by atoms with Crippen LogP contribution in [0.25, 0.3) is 6.08 Å². The number of nitrogens with zero attached hydrogens (tertiary/aromatic N) is 1. The quantitative estimate of drug-likeness (QED) is 0.478. The number of anilines is 1. The van der Waals surface area contributed by atoms with Gasteiger partial charge in [-0.15, -0.1) is 0 Å². The summed E-state index contributed by atoms with van der Waals surface area (Å²) in [6.07, 6.45) is 1.25. The van der Waals surface area contributed by atoms with Crippen LogP contribution in [0, 0.1) is 0 Å². The van der Waals surface area contributed by atoms with Crippen LogP contribution in [0.5, 0.6) is 17.2 Å². The summed E-state index contributed by atoms with van der Waals surface area (Å²) in [5.74, 6) is -1.01. The van der Waals surface area contributed by atoms with Crippen molar-refractivity contribution in [3.63, 3.8) is 0 Å². The molecule has 3 N–H and O–H groups in total. The summed E-state index contributed by atoms with van der Waals surface area (Å²) >= 11 is 5.98. The van der Waals surface area contributed by atoms with Crippen molar-refractivity contribution in [3.8, 4) is 17.2 Å². The molecule has 1 saturated heterocycles.